The number of fused-ring (bicyclic) bond motifs is 1. The highest BCUT2D eigenvalue weighted by Crippen LogP contribution is 2.30. The van der Waals surface area contributed by atoms with Crippen LogP contribution in [0.5, 0.6) is 0 Å². The Morgan fingerprint density at radius 1 is 1.43 bits per heavy atom. The smallest absolute Gasteiger partial charge is 0.334 e. The summed E-state index contributed by atoms with van der Waals surface area (Å²) < 4.78 is 39.6. The number of nitrogens with zero attached hydrogens (tertiary/aromatic N) is 3. The van der Waals surface area contributed by atoms with Crippen molar-refractivity contribution < 1.29 is 13.2 Å². The molecule has 3 heterocycles. The average Bonchev–Trinajstić information content (AvgIpc) is 3.05. The lowest BCUT2D eigenvalue weighted by molar-refractivity contribution is -0.141. The van der Waals surface area contributed by atoms with Crippen molar-refractivity contribution in [2.75, 3.05) is 6.54 Å². The lowest BCUT2D eigenvalue weighted by Crippen LogP contribution is -2.29. The second-order valence-electron chi connectivity index (χ2n) is 5.20. The molecule has 2 aromatic rings. The summed E-state index contributed by atoms with van der Waals surface area (Å²) in [4.78, 5) is 8.85. The summed E-state index contributed by atoms with van der Waals surface area (Å²) in [6.07, 6.45) is 0.0596. The molecule has 1 aliphatic heterocycles. The fourth-order valence-electron chi connectivity index (χ4n) is 2.55. The van der Waals surface area contributed by atoms with Gasteiger partial charge in [-0.1, -0.05) is 0 Å². The number of aryl methyl sites for hydroxylation is 1. The molecule has 0 saturated carbocycles. The molecule has 8 heteroatoms. The molecular formula is C13H15F3N4S. The molecule has 0 fully saturated rings. The van der Waals surface area contributed by atoms with Gasteiger partial charge in [0.15, 0.2) is 5.69 Å². The summed E-state index contributed by atoms with van der Waals surface area (Å²) in [6, 6.07) is 0. The number of rotatable bonds is 4. The summed E-state index contributed by atoms with van der Waals surface area (Å²) in [7, 11) is 0. The van der Waals surface area contributed by atoms with Crippen molar-refractivity contribution in [2.45, 2.75) is 32.1 Å². The second-order valence-corrected chi connectivity index (χ2v) is 6.17. The van der Waals surface area contributed by atoms with Crippen LogP contribution in [0, 0.1) is 5.92 Å². The Balaban J connectivity index is 1.56. The van der Waals surface area contributed by atoms with E-state index < -0.39 is 11.9 Å². The first kappa shape index (κ1) is 14.5. The van der Waals surface area contributed by atoms with Crippen molar-refractivity contribution in [3.05, 3.63) is 34.3 Å². The van der Waals surface area contributed by atoms with Crippen molar-refractivity contribution >= 4 is 11.3 Å². The molecule has 0 radical (unpaired) electrons. The first-order chi connectivity index (χ1) is 10.0. The summed E-state index contributed by atoms with van der Waals surface area (Å²) in [5, 5.41) is 3.34. The number of alkyl halides is 3. The number of imidazole rings is 1. The van der Waals surface area contributed by atoms with Gasteiger partial charge in [0.1, 0.15) is 5.82 Å². The predicted molar refractivity (Wildman–Crippen MR) is 72.9 cm³/mol. The van der Waals surface area contributed by atoms with Gasteiger partial charge in [-0.25, -0.2) is 4.98 Å². The predicted octanol–water partition coefficient (Wildman–Crippen LogP) is 2.71. The van der Waals surface area contributed by atoms with Crippen molar-refractivity contribution in [2.24, 2.45) is 5.92 Å². The molecule has 3 rings (SSSR count). The monoisotopic (exact) mass is 316 g/mol. The number of halogens is 3. The van der Waals surface area contributed by atoms with Gasteiger partial charge in [-0.2, -0.15) is 13.2 Å². The van der Waals surface area contributed by atoms with Gasteiger partial charge < -0.3 is 9.88 Å². The van der Waals surface area contributed by atoms with Gasteiger partial charge in [-0.3, -0.25) is 4.98 Å². The van der Waals surface area contributed by atoms with E-state index in [2.05, 4.69) is 15.3 Å². The molecule has 1 N–H and O–H groups in total. The van der Waals surface area contributed by atoms with Gasteiger partial charge in [0.25, 0.3) is 0 Å². The molecule has 0 aliphatic carbocycles. The van der Waals surface area contributed by atoms with Gasteiger partial charge in [-0.15, -0.1) is 11.3 Å². The summed E-state index contributed by atoms with van der Waals surface area (Å²) in [6.45, 7) is 2.14. The topological polar surface area (TPSA) is 42.7 Å². The molecule has 21 heavy (non-hydrogen) atoms. The van der Waals surface area contributed by atoms with E-state index in [0.717, 1.165) is 30.6 Å². The van der Waals surface area contributed by atoms with Gasteiger partial charge in [0, 0.05) is 43.3 Å². The average molecular weight is 316 g/mol. The zero-order valence-electron chi connectivity index (χ0n) is 11.2. The summed E-state index contributed by atoms with van der Waals surface area (Å²) in [5.41, 5.74) is 1.00. The number of hydrogen-bond donors (Lipinski definition) is 1. The standard InChI is InChI=1S/C13H15F3N4S/c14-13(15,16)11-7-20-6-9(1-2-12(20)19-11)3-17-4-10-5-18-8-21-10/h5,7-9,17H,1-4,6H2/t9-/m0/s1. The number of nitrogens with one attached hydrogen (secondary N) is 1. The number of thiazole rings is 1. The van der Waals surface area contributed by atoms with Crippen molar-refractivity contribution in [3.63, 3.8) is 0 Å². The Bertz CT molecular complexity index is 591. The molecule has 0 aromatic carbocycles. The summed E-state index contributed by atoms with van der Waals surface area (Å²) in [5.74, 6) is 0.877. The highest BCUT2D eigenvalue weighted by molar-refractivity contribution is 7.09. The first-order valence-corrected chi connectivity index (χ1v) is 7.61. The Morgan fingerprint density at radius 2 is 2.29 bits per heavy atom. The Kier molecular flexibility index (Phi) is 3.99. The number of hydrogen-bond acceptors (Lipinski definition) is 4. The summed E-state index contributed by atoms with van der Waals surface area (Å²) >= 11 is 1.59. The lowest BCUT2D eigenvalue weighted by atomic mass is 9.99. The third kappa shape index (κ3) is 3.44. The molecule has 114 valence electrons. The SMILES string of the molecule is FC(F)(F)c1cn2c(n1)CC[C@@H](CNCc1cncs1)C2. The van der Waals surface area contributed by atoms with Crippen LogP contribution < -0.4 is 5.32 Å². The molecule has 4 nitrogen and oxygen atoms in total. The van der Waals surface area contributed by atoms with E-state index in [-0.39, 0.29) is 0 Å². The Morgan fingerprint density at radius 3 is 3.00 bits per heavy atom. The van der Waals surface area contributed by atoms with Gasteiger partial charge in [0.2, 0.25) is 0 Å². The number of aromatic nitrogens is 3. The van der Waals surface area contributed by atoms with E-state index in [4.69, 9.17) is 0 Å². The first-order valence-electron chi connectivity index (χ1n) is 6.73. The molecule has 1 aliphatic rings. The molecular weight excluding hydrogens is 301 g/mol. The molecule has 0 unspecified atom stereocenters. The molecule has 0 saturated heterocycles. The van der Waals surface area contributed by atoms with Crippen LogP contribution in [0.3, 0.4) is 0 Å². The van der Waals surface area contributed by atoms with E-state index in [1.54, 1.807) is 21.4 Å². The van der Waals surface area contributed by atoms with Crippen molar-refractivity contribution in [1.29, 1.82) is 0 Å². The van der Waals surface area contributed by atoms with Crippen molar-refractivity contribution in [3.8, 4) is 0 Å². The third-order valence-electron chi connectivity index (χ3n) is 3.60. The highest BCUT2D eigenvalue weighted by Gasteiger charge is 2.35. The van der Waals surface area contributed by atoms with Crippen LogP contribution in [0.2, 0.25) is 0 Å². The Labute approximate surface area is 124 Å². The normalized spacial score (nSPS) is 18.7. The minimum absolute atomic E-state index is 0.334. The van der Waals surface area contributed by atoms with Crippen LogP contribution in [0.15, 0.2) is 17.9 Å². The van der Waals surface area contributed by atoms with Crippen LogP contribution in [-0.4, -0.2) is 21.1 Å². The second kappa shape index (κ2) is 5.76. The molecule has 2 aromatic heterocycles. The van der Waals surface area contributed by atoms with E-state index in [0.29, 0.717) is 24.7 Å². The fourth-order valence-corrected chi connectivity index (χ4v) is 3.11. The van der Waals surface area contributed by atoms with E-state index in [1.165, 1.54) is 0 Å². The van der Waals surface area contributed by atoms with Gasteiger partial charge in [-0.05, 0) is 12.3 Å². The maximum Gasteiger partial charge on any atom is 0.434 e. The molecule has 0 spiro atoms. The van der Waals surface area contributed by atoms with Crippen LogP contribution in [0.1, 0.15) is 22.8 Å². The van der Waals surface area contributed by atoms with E-state index in [9.17, 15) is 13.2 Å². The zero-order valence-corrected chi connectivity index (χ0v) is 12.0. The van der Waals surface area contributed by atoms with E-state index >= 15 is 0 Å². The molecule has 1 atom stereocenters. The quantitative estimate of drug-likeness (QED) is 0.943. The highest BCUT2D eigenvalue weighted by atomic mass is 32.1. The van der Waals surface area contributed by atoms with E-state index in [1.807, 2.05) is 6.20 Å². The van der Waals surface area contributed by atoms with Crippen LogP contribution in [0.4, 0.5) is 13.2 Å². The lowest BCUT2D eigenvalue weighted by Gasteiger charge is -2.23. The third-order valence-corrected chi connectivity index (χ3v) is 4.38. The van der Waals surface area contributed by atoms with Crippen LogP contribution >= 0.6 is 11.3 Å². The minimum Gasteiger partial charge on any atom is -0.334 e. The molecule has 0 bridgehead atoms. The van der Waals surface area contributed by atoms with Crippen LogP contribution in [-0.2, 0) is 25.7 Å². The molecule has 0 amide bonds. The Hall–Kier alpha value is -1.41. The van der Waals surface area contributed by atoms with Crippen molar-refractivity contribution in [1.82, 2.24) is 19.9 Å². The largest absolute Gasteiger partial charge is 0.434 e. The fraction of sp³-hybridized carbons (Fsp3) is 0.538. The maximum absolute atomic E-state index is 12.6. The zero-order chi connectivity index (χ0) is 14.9. The minimum atomic E-state index is -4.36. The van der Waals surface area contributed by atoms with Gasteiger partial charge in [0.05, 0.1) is 5.51 Å². The van der Waals surface area contributed by atoms with Crippen LogP contribution in [0.25, 0.3) is 0 Å². The maximum atomic E-state index is 12.6. The van der Waals surface area contributed by atoms with Gasteiger partial charge >= 0.3 is 6.18 Å².